The number of carbonyl (C=O) groups is 1. The van der Waals surface area contributed by atoms with Gasteiger partial charge in [-0.2, -0.15) is 0 Å². The van der Waals surface area contributed by atoms with E-state index in [0.717, 1.165) is 17.6 Å². The third kappa shape index (κ3) is 5.56. The number of pyridine rings is 1. The molecular formula is C14H13ClN6O5S3. The predicted octanol–water partition coefficient (Wildman–Crippen LogP) is 1.50. The molecule has 11 nitrogen and oxygen atoms in total. The first kappa shape index (κ1) is 21.3. The van der Waals surface area contributed by atoms with Crippen molar-refractivity contribution in [2.75, 3.05) is 21.4 Å². The van der Waals surface area contributed by atoms with Crippen LogP contribution in [0, 0.1) is 0 Å². The van der Waals surface area contributed by atoms with E-state index in [-0.39, 0.29) is 22.6 Å². The number of anilines is 2. The van der Waals surface area contributed by atoms with Crippen LogP contribution >= 0.6 is 22.9 Å². The third-order valence-electron chi connectivity index (χ3n) is 3.17. The zero-order valence-electron chi connectivity index (χ0n) is 14.9. The maximum Gasteiger partial charge on any atom is 0.247 e. The summed E-state index contributed by atoms with van der Waals surface area (Å²) < 4.78 is 48.7. The van der Waals surface area contributed by atoms with Gasteiger partial charge in [0, 0.05) is 24.9 Å². The Kier molecular flexibility index (Phi) is 5.71. The minimum Gasteiger partial charge on any atom is -0.302 e. The average molecular weight is 477 g/mol. The average Bonchev–Trinajstić information content (AvgIpc) is 2.94. The minimum absolute atomic E-state index is 0.111. The van der Waals surface area contributed by atoms with Crippen LogP contribution in [0.3, 0.4) is 0 Å². The molecule has 0 aromatic carbocycles. The van der Waals surface area contributed by atoms with Crippen molar-refractivity contribution in [2.24, 2.45) is 0 Å². The number of nitrogens with one attached hydrogen (secondary N) is 2. The monoisotopic (exact) mass is 476 g/mol. The molecule has 3 aromatic rings. The SMILES string of the molecule is CC(=O)Nc1nc2cnc(-c3cnc(Cl)c(NS(=O)(=O)CS(C)(=O)=O)c3)nc2s1. The van der Waals surface area contributed by atoms with Crippen LogP contribution in [-0.2, 0) is 24.7 Å². The fourth-order valence-corrected chi connectivity index (χ4v) is 6.24. The Morgan fingerprint density at radius 1 is 1.17 bits per heavy atom. The van der Waals surface area contributed by atoms with Crippen molar-refractivity contribution >= 4 is 69.9 Å². The summed E-state index contributed by atoms with van der Waals surface area (Å²) in [6.07, 6.45) is 3.59. The number of amides is 1. The quantitative estimate of drug-likeness (QED) is 0.502. The summed E-state index contributed by atoms with van der Waals surface area (Å²) in [6.45, 7) is 1.36. The predicted molar refractivity (Wildman–Crippen MR) is 110 cm³/mol. The molecule has 0 bridgehead atoms. The Labute approximate surface area is 174 Å². The number of thiazole rings is 1. The number of sulfone groups is 1. The number of carbonyl (C=O) groups excluding carboxylic acids is 1. The van der Waals surface area contributed by atoms with E-state index in [4.69, 9.17) is 11.6 Å². The van der Waals surface area contributed by atoms with Crippen LogP contribution in [-0.4, -0.2) is 54.0 Å². The van der Waals surface area contributed by atoms with Gasteiger partial charge in [-0.3, -0.25) is 9.52 Å². The lowest BCUT2D eigenvalue weighted by atomic mass is 10.2. The van der Waals surface area contributed by atoms with Crippen LogP contribution in [0.5, 0.6) is 0 Å². The van der Waals surface area contributed by atoms with Crippen LogP contribution in [0.15, 0.2) is 18.5 Å². The van der Waals surface area contributed by atoms with Gasteiger partial charge in [0.1, 0.15) is 10.3 Å². The second-order valence-corrected chi connectivity index (χ2v) is 11.5. The Morgan fingerprint density at radius 3 is 2.55 bits per heavy atom. The molecule has 2 N–H and O–H groups in total. The molecular weight excluding hydrogens is 464 g/mol. The van der Waals surface area contributed by atoms with E-state index in [1.165, 1.54) is 25.4 Å². The fraction of sp³-hybridized carbons (Fsp3) is 0.214. The summed E-state index contributed by atoms with van der Waals surface area (Å²) in [5.74, 6) is -0.0617. The highest BCUT2D eigenvalue weighted by Gasteiger charge is 2.20. The minimum atomic E-state index is -4.21. The van der Waals surface area contributed by atoms with Crippen LogP contribution in [0.1, 0.15) is 6.92 Å². The number of hydrogen-bond donors (Lipinski definition) is 2. The van der Waals surface area contributed by atoms with Gasteiger partial charge in [-0.25, -0.2) is 36.8 Å². The molecule has 0 aliphatic heterocycles. The first-order valence-electron chi connectivity index (χ1n) is 7.67. The molecule has 3 heterocycles. The van der Waals surface area contributed by atoms with E-state index >= 15 is 0 Å². The zero-order valence-corrected chi connectivity index (χ0v) is 18.1. The Balaban J connectivity index is 1.95. The van der Waals surface area contributed by atoms with Crippen LogP contribution < -0.4 is 10.0 Å². The molecule has 3 aromatic heterocycles. The summed E-state index contributed by atoms with van der Waals surface area (Å²) in [5.41, 5.74) is 0.695. The largest absolute Gasteiger partial charge is 0.302 e. The highest BCUT2D eigenvalue weighted by Crippen LogP contribution is 2.29. The lowest BCUT2D eigenvalue weighted by Crippen LogP contribution is -2.22. The topological polar surface area (TPSA) is 161 Å². The van der Waals surface area contributed by atoms with Crippen LogP contribution in [0.25, 0.3) is 21.7 Å². The van der Waals surface area contributed by atoms with Crippen molar-refractivity contribution in [1.29, 1.82) is 0 Å². The zero-order chi connectivity index (χ0) is 21.4. The molecule has 0 saturated heterocycles. The number of nitrogens with zero attached hydrogens (tertiary/aromatic N) is 4. The van der Waals surface area contributed by atoms with Crippen molar-refractivity contribution in [3.63, 3.8) is 0 Å². The van der Waals surface area contributed by atoms with Gasteiger partial charge in [0.05, 0.1) is 11.9 Å². The number of halogens is 1. The molecule has 15 heteroatoms. The molecule has 0 atom stereocenters. The van der Waals surface area contributed by atoms with Crippen molar-refractivity contribution in [3.05, 3.63) is 23.6 Å². The first-order chi connectivity index (χ1) is 13.4. The molecule has 0 saturated carbocycles. The van der Waals surface area contributed by atoms with E-state index in [9.17, 15) is 21.6 Å². The van der Waals surface area contributed by atoms with E-state index in [1.807, 2.05) is 0 Å². The summed E-state index contributed by atoms with van der Waals surface area (Å²) in [4.78, 5) is 28.2. The standard InChI is InChI=1S/C14H13ClN6O5S3/c1-7(22)18-14-19-10-5-17-12(20-13(10)27-14)8-3-9(11(15)16-4-8)21-29(25,26)6-28(2,23)24/h3-5,21H,6H2,1-2H3,(H,18,19,22). The molecule has 0 aliphatic rings. The van der Waals surface area contributed by atoms with Gasteiger partial charge < -0.3 is 5.32 Å². The fourth-order valence-electron chi connectivity index (χ4n) is 2.20. The maximum absolute atomic E-state index is 12.0. The van der Waals surface area contributed by atoms with Gasteiger partial charge in [-0.15, -0.1) is 0 Å². The highest BCUT2D eigenvalue weighted by atomic mass is 35.5. The molecule has 1 amide bonds. The summed E-state index contributed by atoms with van der Waals surface area (Å²) >= 11 is 7.07. The van der Waals surface area contributed by atoms with E-state index in [1.54, 1.807) is 0 Å². The maximum atomic E-state index is 12.0. The summed E-state index contributed by atoms with van der Waals surface area (Å²) in [6, 6.07) is 1.34. The molecule has 0 spiro atoms. The number of fused-ring (bicyclic) bond motifs is 1. The normalized spacial score (nSPS) is 12.1. The third-order valence-corrected chi connectivity index (χ3v) is 7.83. The number of aromatic nitrogens is 4. The Hall–Kier alpha value is -2.42. The lowest BCUT2D eigenvalue weighted by molar-refractivity contribution is -0.114. The highest BCUT2D eigenvalue weighted by molar-refractivity contribution is 8.08. The molecule has 0 aliphatic carbocycles. The lowest BCUT2D eigenvalue weighted by Gasteiger charge is -2.09. The molecule has 0 unspecified atom stereocenters. The van der Waals surface area contributed by atoms with E-state index < -0.39 is 24.9 Å². The second-order valence-electron chi connectivity index (χ2n) is 5.91. The van der Waals surface area contributed by atoms with Crippen molar-refractivity contribution < 1.29 is 21.6 Å². The number of hydrogen-bond acceptors (Lipinski definition) is 10. The Morgan fingerprint density at radius 2 is 1.90 bits per heavy atom. The summed E-state index contributed by atoms with van der Waals surface area (Å²) in [7, 11) is -7.99. The first-order valence-corrected chi connectivity index (χ1v) is 12.6. The van der Waals surface area contributed by atoms with Gasteiger partial charge in [-0.1, -0.05) is 22.9 Å². The van der Waals surface area contributed by atoms with Crippen LogP contribution in [0.4, 0.5) is 10.8 Å². The van der Waals surface area contributed by atoms with Gasteiger partial charge in [-0.05, 0) is 6.07 Å². The Bertz CT molecular complexity index is 1320. The van der Waals surface area contributed by atoms with Crippen LogP contribution in [0.2, 0.25) is 5.15 Å². The van der Waals surface area contributed by atoms with Crippen molar-refractivity contribution in [3.8, 4) is 11.4 Å². The number of rotatable bonds is 6. The summed E-state index contributed by atoms with van der Waals surface area (Å²) in [5, 5.41) is 1.65. The van der Waals surface area contributed by atoms with Gasteiger partial charge in [0.15, 0.2) is 31.0 Å². The number of sulfonamides is 1. The van der Waals surface area contributed by atoms with E-state index in [0.29, 0.717) is 21.0 Å². The molecule has 0 fully saturated rings. The van der Waals surface area contributed by atoms with Gasteiger partial charge in [0.25, 0.3) is 0 Å². The second kappa shape index (κ2) is 7.78. The smallest absolute Gasteiger partial charge is 0.247 e. The molecule has 0 radical (unpaired) electrons. The molecule has 3 rings (SSSR count). The molecule has 154 valence electrons. The van der Waals surface area contributed by atoms with Gasteiger partial charge in [0.2, 0.25) is 15.9 Å². The van der Waals surface area contributed by atoms with Crippen molar-refractivity contribution in [1.82, 2.24) is 19.9 Å². The van der Waals surface area contributed by atoms with Crippen molar-refractivity contribution in [2.45, 2.75) is 6.92 Å². The van der Waals surface area contributed by atoms with Gasteiger partial charge >= 0.3 is 0 Å². The molecule has 29 heavy (non-hydrogen) atoms. The van der Waals surface area contributed by atoms with E-state index in [2.05, 4.69) is 30.0 Å².